The number of ether oxygens (including phenoxy) is 2. The molecular weight excluding hydrogens is 449 g/mol. The van der Waals surface area contributed by atoms with E-state index in [2.05, 4.69) is 11.4 Å². The first-order valence-corrected chi connectivity index (χ1v) is 11.7. The van der Waals surface area contributed by atoms with Gasteiger partial charge in [0.25, 0.3) is 5.91 Å². The maximum Gasteiger partial charge on any atom is 0.255 e. The van der Waals surface area contributed by atoms with E-state index < -0.39 is 11.9 Å². The highest BCUT2D eigenvalue weighted by molar-refractivity contribution is 6.33. The van der Waals surface area contributed by atoms with E-state index in [-0.39, 0.29) is 37.3 Å². The number of carbonyl (C=O) groups excluding carboxylic acids is 4. The maximum absolute atomic E-state index is 13.0. The first kappa shape index (κ1) is 23.1. The van der Waals surface area contributed by atoms with Crippen LogP contribution in [0, 0.1) is 0 Å². The number of amides is 4. The number of rotatable bonds is 6. The topological polar surface area (TPSA) is 105 Å². The van der Waals surface area contributed by atoms with Crippen molar-refractivity contribution in [2.24, 2.45) is 0 Å². The molecule has 3 heterocycles. The van der Waals surface area contributed by atoms with Gasteiger partial charge in [-0.25, -0.2) is 0 Å². The molecule has 0 aromatic heterocycles. The second kappa shape index (κ2) is 9.54. The number of fused-ring (bicyclic) bond motifs is 1. The zero-order valence-electron chi connectivity index (χ0n) is 19.5. The molecule has 0 aliphatic carbocycles. The Hall–Kier alpha value is -3.66. The van der Waals surface area contributed by atoms with E-state index in [9.17, 15) is 19.2 Å². The third-order valence-corrected chi connectivity index (χ3v) is 6.79. The lowest BCUT2D eigenvalue weighted by molar-refractivity contribution is -0.143. The smallest absolute Gasteiger partial charge is 0.255 e. The van der Waals surface area contributed by atoms with Gasteiger partial charge < -0.3 is 19.3 Å². The van der Waals surface area contributed by atoms with E-state index in [1.165, 1.54) is 4.90 Å². The highest BCUT2D eigenvalue weighted by atomic mass is 16.5. The van der Waals surface area contributed by atoms with E-state index in [1.54, 1.807) is 17.0 Å². The van der Waals surface area contributed by atoms with Gasteiger partial charge in [-0.3, -0.25) is 24.5 Å². The average Bonchev–Trinajstić information content (AvgIpc) is 3.17. The number of nitrogens with one attached hydrogen (secondary N) is 1. The fourth-order valence-corrected chi connectivity index (χ4v) is 4.80. The van der Waals surface area contributed by atoms with Crippen LogP contribution in [0.4, 0.5) is 0 Å². The molecule has 1 unspecified atom stereocenters. The van der Waals surface area contributed by atoms with Crippen LogP contribution in [0.1, 0.15) is 39.9 Å². The Morgan fingerprint density at radius 3 is 2.77 bits per heavy atom. The van der Waals surface area contributed by atoms with E-state index >= 15 is 0 Å². The van der Waals surface area contributed by atoms with Crippen LogP contribution >= 0.6 is 0 Å². The minimum absolute atomic E-state index is 0.000134. The quantitative estimate of drug-likeness (QED) is 0.452. The van der Waals surface area contributed by atoms with Crippen molar-refractivity contribution in [3.63, 3.8) is 0 Å². The highest BCUT2D eigenvalue weighted by Crippen LogP contribution is 2.33. The lowest BCUT2D eigenvalue weighted by Crippen LogP contribution is -2.52. The van der Waals surface area contributed by atoms with Gasteiger partial charge in [0.2, 0.25) is 17.7 Å². The molecule has 5 rings (SSSR count). The zero-order chi connectivity index (χ0) is 24.5. The van der Waals surface area contributed by atoms with Crippen molar-refractivity contribution < 1.29 is 28.7 Å². The number of benzene rings is 2. The molecule has 0 bridgehead atoms. The SMILES string of the molecule is Bc1cc(CN2CCOCC2=O)ccc1COc1cccc2c1CN(C1CCC(=O)NC1=O)C2=O. The molecule has 1 atom stereocenters. The highest BCUT2D eigenvalue weighted by Gasteiger charge is 2.40. The number of hydrogen-bond donors (Lipinski definition) is 1. The van der Waals surface area contributed by atoms with E-state index in [0.29, 0.717) is 44.0 Å². The molecule has 0 saturated carbocycles. The number of piperidine rings is 1. The van der Waals surface area contributed by atoms with E-state index in [0.717, 1.165) is 22.2 Å². The summed E-state index contributed by atoms with van der Waals surface area (Å²) >= 11 is 0. The molecule has 3 aliphatic rings. The molecule has 35 heavy (non-hydrogen) atoms. The maximum atomic E-state index is 13.0. The standard InChI is InChI=1S/C25H26BN3O6/c26-19-10-15(11-28-8-9-34-14-23(28)31)4-5-16(19)13-35-21-3-1-2-17-18(21)12-29(25(17)33)20-6-7-22(30)27-24(20)32/h1-5,10,20H,6-9,11-14,26H2,(H,27,30,32). The van der Waals surface area contributed by atoms with Crippen LogP contribution in [0.3, 0.4) is 0 Å². The molecule has 180 valence electrons. The zero-order valence-corrected chi connectivity index (χ0v) is 19.5. The molecule has 0 spiro atoms. The fourth-order valence-electron chi connectivity index (χ4n) is 4.80. The number of hydrogen-bond acceptors (Lipinski definition) is 6. The second-order valence-electron chi connectivity index (χ2n) is 9.10. The van der Waals surface area contributed by atoms with Gasteiger partial charge in [-0.2, -0.15) is 0 Å². The molecule has 10 heteroatoms. The van der Waals surface area contributed by atoms with E-state index in [4.69, 9.17) is 9.47 Å². The molecule has 1 N–H and O–H groups in total. The van der Waals surface area contributed by atoms with Crippen LogP contribution in [-0.4, -0.2) is 67.1 Å². The predicted octanol–water partition coefficient (Wildman–Crippen LogP) is -0.356. The van der Waals surface area contributed by atoms with Gasteiger partial charge in [-0.05, 0) is 29.7 Å². The van der Waals surface area contributed by atoms with Gasteiger partial charge in [-0.1, -0.05) is 29.7 Å². The van der Waals surface area contributed by atoms with Crippen molar-refractivity contribution in [3.8, 4) is 5.75 Å². The number of imide groups is 1. The summed E-state index contributed by atoms with van der Waals surface area (Å²) in [5.74, 6) is -0.358. The monoisotopic (exact) mass is 475 g/mol. The van der Waals surface area contributed by atoms with Crippen molar-refractivity contribution in [1.29, 1.82) is 0 Å². The third-order valence-electron chi connectivity index (χ3n) is 6.79. The summed E-state index contributed by atoms with van der Waals surface area (Å²) in [4.78, 5) is 52.1. The average molecular weight is 475 g/mol. The fraction of sp³-hybridized carbons (Fsp3) is 0.360. The molecule has 0 radical (unpaired) electrons. The van der Waals surface area contributed by atoms with Gasteiger partial charge in [0.1, 0.15) is 32.9 Å². The van der Waals surface area contributed by atoms with Crippen LogP contribution in [0.5, 0.6) is 5.75 Å². The molecule has 4 amide bonds. The van der Waals surface area contributed by atoms with E-state index in [1.807, 2.05) is 26.0 Å². The third kappa shape index (κ3) is 4.66. The number of carbonyl (C=O) groups is 4. The Kier molecular flexibility index (Phi) is 6.30. The van der Waals surface area contributed by atoms with Crippen molar-refractivity contribution in [1.82, 2.24) is 15.1 Å². The Bertz CT molecular complexity index is 1220. The van der Waals surface area contributed by atoms with Crippen LogP contribution in [0.2, 0.25) is 0 Å². The van der Waals surface area contributed by atoms with Crippen molar-refractivity contribution in [3.05, 3.63) is 58.7 Å². The van der Waals surface area contributed by atoms with Crippen LogP contribution in [0.15, 0.2) is 36.4 Å². The Balaban J connectivity index is 1.26. The Morgan fingerprint density at radius 2 is 2.00 bits per heavy atom. The Labute approximate surface area is 203 Å². The summed E-state index contributed by atoms with van der Waals surface area (Å²) in [7, 11) is 2.01. The first-order valence-electron chi connectivity index (χ1n) is 11.7. The molecule has 3 aliphatic heterocycles. The predicted molar refractivity (Wildman–Crippen MR) is 128 cm³/mol. The minimum Gasteiger partial charge on any atom is -0.489 e. The largest absolute Gasteiger partial charge is 0.489 e. The lowest BCUT2D eigenvalue weighted by atomic mass is 9.89. The Morgan fingerprint density at radius 1 is 1.14 bits per heavy atom. The summed E-state index contributed by atoms with van der Waals surface area (Å²) in [5.41, 5.74) is 4.38. The summed E-state index contributed by atoms with van der Waals surface area (Å²) in [6.45, 7) is 2.43. The van der Waals surface area contributed by atoms with Crippen molar-refractivity contribution in [2.45, 2.75) is 38.6 Å². The lowest BCUT2D eigenvalue weighted by Gasteiger charge is -2.29. The molecule has 2 aromatic rings. The summed E-state index contributed by atoms with van der Waals surface area (Å²) < 4.78 is 11.3. The van der Waals surface area contributed by atoms with Gasteiger partial charge in [0, 0.05) is 30.6 Å². The van der Waals surface area contributed by atoms with Gasteiger partial charge in [0.15, 0.2) is 0 Å². The molecule has 2 fully saturated rings. The first-order chi connectivity index (χ1) is 16.9. The minimum atomic E-state index is -0.659. The number of morpholine rings is 1. The van der Waals surface area contributed by atoms with Gasteiger partial charge in [-0.15, -0.1) is 0 Å². The second-order valence-corrected chi connectivity index (χ2v) is 9.10. The number of nitrogens with zero attached hydrogens (tertiary/aromatic N) is 2. The van der Waals surface area contributed by atoms with Crippen molar-refractivity contribution >= 4 is 36.9 Å². The molecule has 9 nitrogen and oxygen atoms in total. The van der Waals surface area contributed by atoms with Crippen LogP contribution in [-0.2, 0) is 38.8 Å². The normalized spacial score (nSPS) is 20.2. The van der Waals surface area contributed by atoms with Gasteiger partial charge in [0.05, 0.1) is 13.2 Å². The van der Waals surface area contributed by atoms with Crippen LogP contribution < -0.4 is 15.5 Å². The molecular formula is C25H26BN3O6. The summed E-state index contributed by atoms with van der Waals surface area (Å²) in [6.07, 6.45) is 0.539. The van der Waals surface area contributed by atoms with Crippen LogP contribution in [0.25, 0.3) is 0 Å². The van der Waals surface area contributed by atoms with Crippen molar-refractivity contribution in [2.75, 3.05) is 19.8 Å². The summed E-state index contributed by atoms with van der Waals surface area (Å²) in [6, 6.07) is 10.7. The van der Waals surface area contributed by atoms with Gasteiger partial charge >= 0.3 is 0 Å². The summed E-state index contributed by atoms with van der Waals surface area (Å²) in [5, 5.41) is 2.32. The molecule has 2 saturated heterocycles. The molecule has 2 aromatic carbocycles.